The van der Waals surface area contributed by atoms with E-state index in [4.69, 9.17) is 9.37 Å². The number of ether oxygens (including phenoxy) is 1. The molecule has 0 amide bonds. The average Bonchev–Trinajstić information content (AvgIpc) is 3.23. The largest absolute Gasteiger partial charge is 0.466 e. The van der Waals surface area contributed by atoms with Gasteiger partial charge in [0.1, 0.15) is 11.5 Å². The van der Waals surface area contributed by atoms with E-state index in [2.05, 4.69) is 20.6 Å². The van der Waals surface area contributed by atoms with Crippen LogP contribution in [0, 0.1) is 16.0 Å². The molecule has 1 unspecified atom stereocenters. The van der Waals surface area contributed by atoms with Crippen molar-refractivity contribution in [2.75, 3.05) is 29.9 Å². The van der Waals surface area contributed by atoms with Crippen LogP contribution in [0.1, 0.15) is 19.8 Å². The Morgan fingerprint density at radius 1 is 1.40 bits per heavy atom. The van der Waals surface area contributed by atoms with Crippen LogP contribution in [0.2, 0.25) is 0 Å². The fraction of sp³-hybridized carbons (Fsp3) is 0.368. The fourth-order valence-corrected chi connectivity index (χ4v) is 3.66. The van der Waals surface area contributed by atoms with Crippen molar-refractivity contribution in [2.45, 2.75) is 19.8 Å². The van der Waals surface area contributed by atoms with Crippen molar-refractivity contribution in [1.82, 2.24) is 15.3 Å². The Morgan fingerprint density at radius 3 is 2.97 bits per heavy atom. The first-order chi connectivity index (χ1) is 14.6. The van der Waals surface area contributed by atoms with E-state index < -0.39 is 4.92 Å². The second-order valence-corrected chi connectivity index (χ2v) is 6.89. The summed E-state index contributed by atoms with van der Waals surface area (Å²) in [6.07, 6.45) is 3.08. The minimum absolute atomic E-state index is 0.0363. The topological polar surface area (TPSA) is 137 Å². The zero-order valence-electron chi connectivity index (χ0n) is 16.3. The van der Waals surface area contributed by atoms with Crippen LogP contribution < -0.4 is 10.2 Å². The number of piperidine rings is 1. The number of aromatic nitrogens is 3. The number of esters is 1. The zero-order valence-corrected chi connectivity index (χ0v) is 16.3. The van der Waals surface area contributed by atoms with Gasteiger partial charge in [-0.1, -0.05) is 6.07 Å². The lowest BCUT2D eigenvalue weighted by atomic mass is 9.97. The van der Waals surface area contributed by atoms with E-state index in [1.165, 1.54) is 0 Å². The highest BCUT2D eigenvalue weighted by Crippen LogP contribution is 2.40. The first-order valence-corrected chi connectivity index (χ1v) is 9.61. The van der Waals surface area contributed by atoms with E-state index in [1.54, 1.807) is 37.4 Å². The molecule has 1 aromatic carbocycles. The summed E-state index contributed by atoms with van der Waals surface area (Å²) in [5.41, 5.74) is 0.881. The summed E-state index contributed by atoms with van der Waals surface area (Å²) >= 11 is 0. The van der Waals surface area contributed by atoms with Crippen LogP contribution in [0.25, 0.3) is 11.0 Å². The van der Waals surface area contributed by atoms with Gasteiger partial charge in [-0.15, -0.1) is 0 Å². The van der Waals surface area contributed by atoms with Gasteiger partial charge in [0, 0.05) is 19.3 Å². The average molecular weight is 412 g/mol. The number of anilines is 3. The van der Waals surface area contributed by atoms with Crippen LogP contribution in [-0.2, 0) is 9.53 Å². The van der Waals surface area contributed by atoms with E-state index in [1.807, 2.05) is 4.90 Å². The number of nitro groups is 1. The summed E-state index contributed by atoms with van der Waals surface area (Å²) in [5.74, 6) is -0.0770. The lowest BCUT2D eigenvalue weighted by Gasteiger charge is -2.33. The predicted octanol–water partition coefficient (Wildman–Crippen LogP) is 3.05. The standard InChI is InChI=1S/C19H20N6O5/c1-2-29-19(26)12-6-5-9-24(11-12)14-10-13(21-15-7-3-4-8-20-15)18(25(27)28)17-16(14)22-30-23-17/h3-4,7-8,10,12H,2,5-6,9,11H2,1H3,(H,20,21). The van der Waals surface area contributed by atoms with Crippen LogP contribution in [-0.4, -0.2) is 45.9 Å². The van der Waals surface area contributed by atoms with Crippen LogP contribution in [0.5, 0.6) is 0 Å². The molecule has 3 aromatic rings. The third-order valence-corrected chi connectivity index (χ3v) is 4.98. The Labute approximate surface area is 171 Å². The number of rotatable bonds is 6. The van der Waals surface area contributed by atoms with Crippen molar-refractivity contribution in [3.8, 4) is 0 Å². The SMILES string of the molecule is CCOC(=O)C1CCCN(c2cc(Nc3ccccn3)c([N+](=O)[O-])c3nonc23)C1. The molecule has 2 aromatic heterocycles. The van der Waals surface area contributed by atoms with E-state index in [0.717, 1.165) is 12.8 Å². The Hall–Kier alpha value is -3.76. The molecule has 0 bridgehead atoms. The number of benzene rings is 1. The van der Waals surface area contributed by atoms with Gasteiger partial charge in [-0.05, 0) is 48.3 Å². The van der Waals surface area contributed by atoms with Crippen LogP contribution in [0.3, 0.4) is 0 Å². The number of nitrogens with one attached hydrogen (secondary N) is 1. The van der Waals surface area contributed by atoms with Gasteiger partial charge in [0.2, 0.25) is 5.52 Å². The predicted molar refractivity (Wildman–Crippen MR) is 108 cm³/mol. The molecule has 30 heavy (non-hydrogen) atoms. The van der Waals surface area contributed by atoms with Crippen LogP contribution >= 0.6 is 0 Å². The molecule has 11 heteroatoms. The number of hydrogen-bond donors (Lipinski definition) is 1. The van der Waals surface area contributed by atoms with Crippen molar-refractivity contribution in [1.29, 1.82) is 0 Å². The fourth-order valence-electron chi connectivity index (χ4n) is 3.66. The lowest BCUT2D eigenvalue weighted by Crippen LogP contribution is -2.39. The number of fused-ring (bicyclic) bond motifs is 1. The molecule has 1 atom stereocenters. The highest BCUT2D eigenvalue weighted by molar-refractivity contribution is 6.00. The summed E-state index contributed by atoms with van der Waals surface area (Å²) in [4.78, 5) is 29.6. The summed E-state index contributed by atoms with van der Waals surface area (Å²) in [6, 6.07) is 6.85. The van der Waals surface area contributed by atoms with Crippen LogP contribution in [0.4, 0.5) is 22.9 Å². The number of carbonyl (C=O) groups is 1. The molecule has 0 saturated carbocycles. The molecule has 4 rings (SSSR count). The zero-order chi connectivity index (χ0) is 21.1. The van der Waals surface area contributed by atoms with Crippen molar-refractivity contribution in [3.05, 3.63) is 40.6 Å². The van der Waals surface area contributed by atoms with Crippen molar-refractivity contribution in [2.24, 2.45) is 5.92 Å². The van der Waals surface area contributed by atoms with Gasteiger partial charge in [0.25, 0.3) is 0 Å². The van der Waals surface area contributed by atoms with Gasteiger partial charge in [0.15, 0.2) is 5.52 Å². The maximum atomic E-state index is 12.2. The Morgan fingerprint density at radius 2 is 2.23 bits per heavy atom. The maximum absolute atomic E-state index is 12.2. The monoisotopic (exact) mass is 412 g/mol. The molecule has 0 radical (unpaired) electrons. The van der Waals surface area contributed by atoms with Crippen molar-refractivity contribution < 1.29 is 19.1 Å². The number of hydrogen-bond acceptors (Lipinski definition) is 10. The Kier molecular flexibility index (Phi) is 5.42. The molecule has 1 fully saturated rings. The van der Waals surface area contributed by atoms with Gasteiger partial charge in [-0.2, -0.15) is 0 Å². The minimum atomic E-state index is -0.529. The number of nitro benzene ring substituents is 1. The number of nitrogens with zero attached hydrogens (tertiary/aromatic N) is 5. The quantitative estimate of drug-likeness (QED) is 0.365. The Balaban J connectivity index is 1.76. The number of pyridine rings is 1. The molecule has 1 N–H and O–H groups in total. The molecule has 0 aliphatic carbocycles. The van der Waals surface area contributed by atoms with E-state index in [9.17, 15) is 14.9 Å². The van der Waals surface area contributed by atoms with Gasteiger partial charge >= 0.3 is 11.7 Å². The van der Waals surface area contributed by atoms with Gasteiger partial charge < -0.3 is 15.0 Å². The van der Waals surface area contributed by atoms with E-state index in [-0.39, 0.29) is 34.3 Å². The normalized spacial score (nSPS) is 16.4. The maximum Gasteiger partial charge on any atom is 0.324 e. The summed E-state index contributed by atoms with van der Waals surface area (Å²) in [7, 11) is 0. The van der Waals surface area contributed by atoms with Crippen molar-refractivity contribution >= 4 is 39.9 Å². The second kappa shape index (κ2) is 8.31. The molecule has 156 valence electrons. The Bertz CT molecular complexity index is 1070. The molecular weight excluding hydrogens is 392 g/mol. The number of carbonyl (C=O) groups excluding carboxylic acids is 1. The minimum Gasteiger partial charge on any atom is -0.466 e. The van der Waals surface area contributed by atoms with Gasteiger partial charge in [-0.3, -0.25) is 14.9 Å². The summed E-state index contributed by atoms with van der Waals surface area (Å²) in [5, 5.41) is 22.4. The molecule has 1 aliphatic heterocycles. The van der Waals surface area contributed by atoms with E-state index in [0.29, 0.717) is 31.2 Å². The molecule has 1 saturated heterocycles. The molecule has 3 heterocycles. The van der Waals surface area contributed by atoms with E-state index >= 15 is 0 Å². The second-order valence-electron chi connectivity index (χ2n) is 6.89. The summed E-state index contributed by atoms with van der Waals surface area (Å²) in [6.45, 7) is 3.18. The van der Waals surface area contributed by atoms with Crippen LogP contribution in [0.15, 0.2) is 35.1 Å². The lowest BCUT2D eigenvalue weighted by molar-refractivity contribution is -0.382. The molecule has 1 aliphatic rings. The van der Waals surface area contributed by atoms with Gasteiger partial charge in [-0.25, -0.2) is 9.61 Å². The van der Waals surface area contributed by atoms with Crippen molar-refractivity contribution in [3.63, 3.8) is 0 Å². The first-order valence-electron chi connectivity index (χ1n) is 9.61. The molecular formula is C19H20N6O5. The molecule has 0 spiro atoms. The first kappa shape index (κ1) is 19.6. The summed E-state index contributed by atoms with van der Waals surface area (Å²) < 4.78 is 10.0. The van der Waals surface area contributed by atoms with Gasteiger partial charge in [0.05, 0.1) is 23.1 Å². The highest BCUT2D eigenvalue weighted by Gasteiger charge is 2.32. The smallest absolute Gasteiger partial charge is 0.324 e. The molecule has 11 nitrogen and oxygen atoms in total. The highest BCUT2D eigenvalue weighted by atomic mass is 16.6. The third-order valence-electron chi connectivity index (χ3n) is 4.98. The third kappa shape index (κ3) is 3.73.